The number of likely N-dealkylation sites (N-methyl/N-ethyl adjacent to an activating group) is 3. The molecule has 4 fully saturated rings. The Labute approximate surface area is 859 Å². The standard InChI is InChI=1S/C29H37N9O3.C27H32N6O4.C25H29N7O4.C25H31N7O3/c1-7-30-28(39)27-34-33-26(38(27)20-10-8-19(9-11-20)37-14-12-36(6)13-15-37)22-16-21-23(31-32-25(21)18(2)3)17-24(22)41-29(40)35(4)5;1-16(2)23-19-14-20(22(15-21(19)28-29-23)37-25(34)27(3,4)5)24-30-31-26(35)33(24)18-8-6-17(7-9-18)32-10-12-36-13-11-32;1-4-20-18-14-19(22(15-21(18)27-26-20)36-25(34)35-5-2)23-28-29-24(33)32(23)17-8-6-16(7-9-17)31-12-10-30(3)11-13-31;1-4-21-19-14-20(23(35-16-34-5-2)15-22(19)27-26-21)24-28-29-25(33)32(24)18-8-6-17(7-9-18)31-12-10-30(3)11-13-31/h8-11,16-18H,7,12-15H2,1-6H3,(H,30,39)(H,31,32);6-9,14-16H,10-13H2,1-5H3,(H,28,29)(H,31,35);6-9,14-15H,4-5,10-13H2,1-3H3,(H,26,27)(H,29,33);6-9,14-15H,4-5,10-13,16H2,1-3H3,(H,26,27)(H,29,33). The molecule has 20 rings (SSSR count). The number of aromatic amines is 7. The van der Waals surface area contributed by atoms with Gasteiger partial charge in [0.1, 0.15) is 23.0 Å². The first kappa shape index (κ1) is 104. The number of rotatable bonds is 26. The van der Waals surface area contributed by atoms with Crippen molar-refractivity contribution in [3.8, 4) is 91.3 Å². The van der Waals surface area contributed by atoms with E-state index in [2.05, 4.69) is 201 Å². The summed E-state index contributed by atoms with van der Waals surface area (Å²) in [5.41, 5.74) is 14.1. The number of nitrogens with one attached hydrogen (secondary N) is 8. The van der Waals surface area contributed by atoms with Crippen molar-refractivity contribution in [3.05, 3.63) is 206 Å². The Morgan fingerprint density at radius 2 is 0.752 bits per heavy atom. The molecule has 4 aliphatic heterocycles. The summed E-state index contributed by atoms with van der Waals surface area (Å²) in [6.07, 6.45) is 0.146. The van der Waals surface area contributed by atoms with Gasteiger partial charge in [-0.2, -0.15) is 35.7 Å². The fourth-order valence-electron chi connectivity index (χ4n) is 18.2. The molecule has 0 saturated carbocycles. The van der Waals surface area contributed by atoms with Gasteiger partial charge in [0.05, 0.1) is 86.6 Å². The number of carbonyl (C=O) groups is 4. The van der Waals surface area contributed by atoms with Gasteiger partial charge in [-0.1, -0.05) is 41.5 Å². The van der Waals surface area contributed by atoms with Gasteiger partial charge in [0.15, 0.2) is 30.1 Å². The summed E-state index contributed by atoms with van der Waals surface area (Å²) in [5.74, 6) is 2.56. The Morgan fingerprint density at radius 3 is 1.13 bits per heavy atom. The molecule has 16 aromatic rings. The zero-order valence-corrected chi connectivity index (χ0v) is 87.2. The number of morpholine rings is 1. The first-order chi connectivity index (χ1) is 71.9. The lowest BCUT2D eigenvalue weighted by Crippen LogP contribution is -2.44. The van der Waals surface area contributed by atoms with Gasteiger partial charge in [-0.3, -0.25) is 34.6 Å². The van der Waals surface area contributed by atoms with Crippen LogP contribution in [0.15, 0.2) is 160 Å². The second-order valence-electron chi connectivity index (χ2n) is 38.7. The number of benzene rings is 8. The van der Waals surface area contributed by atoms with Crippen molar-refractivity contribution in [1.29, 1.82) is 0 Å². The average Bonchev–Trinajstić information content (AvgIpc) is 1.64. The molecule has 8 aromatic heterocycles. The minimum absolute atomic E-state index is 0.0917. The van der Waals surface area contributed by atoms with Gasteiger partial charge < -0.3 is 77.7 Å². The van der Waals surface area contributed by atoms with Gasteiger partial charge >= 0.3 is 35.3 Å². The number of piperazine rings is 3. The fraction of sp³-hybridized carbons (Fsp3) is 0.396. The SMILES string of the molecule is CC(C)c1[nH]nc2cc(OC(=O)C(C)(C)C)c(-c3n[nH]c(=O)n3-c3ccc(N4CCOCC4)cc3)cc12.CCNC(=O)c1nnc(-c2cc3c(C(C)C)[nH]nc3cc2OC(=O)N(C)C)n1-c1ccc(N2CCN(C)CC2)cc1.CCOC(=O)Oc1cc2n[nH]c(CC)c2cc1-c1n[nH]c(=O)n1-c1ccc(N2CCN(C)CC2)cc1.CCOCOc1cc2n[nH]c(CC)c2cc1-c1n[nH]c(=O)n1-c1ccc(N2CCN(C)CC2)cc1. The molecule has 0 aliphatic carbocycles. The highest BCUT2D eigenvalue weighted by Crippen LogP contribution is 2.43. The third kappa shape index (κ3) is 23.0. The van der Waals surface area contributed by atoms with Crippen LogP contribution in [0.4, 0.5) is 32.3 Å². The van der Waals surface area contributed by atoms with Crippen molar-refractivity contribution in [2.24, 2.45) is 5.41 Å². The number of esters is 1. The van der Waals surface area contributed by atoms with Crippen LogP contribution in [0.2, 0.25) is 0 Å². The molecule has 8 aromatic carbocycles. The number of carbonyl (C=O) groups excluding carboxylic acids is 4. The number of amides is 2. The maximum absolute atomic E-state index is 13.1. The molecule has 0 bridgehead atoms. The van der Waals surface area contributed by atoms with Crippen LogP contribution >= 0.6 is 0 Å². The molecule has 2 amide bonds. The minimum Gasteiger partial charge on any atom is -0.467 e. The van der Waals surface area contributed by atoms with Crippen LogP contribution in [0.1, 0.15) is 128 Å². The molecule has 0 unspecified atom stereocenters. The number of hydrogen-bond donors (Lipinski definition) is 8. The van der Waals surface area contributed by atoms with E-state index in [1.807, 2.05) is 124 Å². The van der Waals surface area contributed by atoms with E-state index in [1.165, 1.54) is 14.0 Å². The lowest BCUT2D eigenvalue weighted by atomic mass is 9.97. The topological polar surface area (TPSA) is 468 Å². The molecule has 149 heavy (non-hydrogen) atoms. The zero-order valence-electron chi connectivity index (χ0n) is 87.2. The Kier molecular flexibility index (Phi) is 32.1. The lowest BCUT2D eigenvalue weighted by Gasteiger charge is -2.34. The molecule has 782 valence electrons. The highest BCUT2D eigenvalue weighted by atomic mass is 16.7. The predicted octanol–water partition coefficient (Wildman–Crippen LogP) is 13.3. The van der Waals surface area contributed by atoms with Gasteiger partial charge in [0.25, 0.3) is 5.91 Å². The summed E-state index contributed by atoms with van der Waals surface area (Å²) in [4.78, 5) is 107. The number of hydrogen-bond acceptors (Lipinski definition) is 30. The first-order valence-electron chi connectivity index (χ1n) is 50.4. The van der Waals surface area contributed by atoms with Gasteiger partial charge in [0.2, 0.25) is 5.82 Å². The second kappa shape index (κ2) is 45.9. The number of nitrogens with zero attached hydrogens (tertiary/aromatic N) is 21. The highest BCUT2D eigenvalue weighted by Gasteiger charge is 2.33. The maximum Gasteiger partial charge on any atom is 0.513 e. The monoisotopic (exact) mass is 2030 g/mol. The van der Waals surface area contributed by atoms with Crippen LogP contribution in [0.3, 0.4) is 0 Å². The summed E-state index contributed by atoms with van der Waals surface area (Å²) in [6.45, 7) is 39.3. The van der Waals surface area contributed by atoms with E-state index in [0.29, 0.717) is 117 Å². The fourth-order valence-corrected chi connectivity index (χ4v) is 18.2. The Balaban J connectivity index is 0.000000136. The van der Waals surface area contributed by atoms with Gasteiger partial charge in [0, 0.05) is 216 Å². The zero-order chi connectivity index (χ0) is 105. The van der Waals surface area contributed by atoms with Crippen molar-refractivity contribution < 1.29 is 52.3 Å². The van der Waals surface area contributed by atoms with Crippen molar-refractivity contribution >= 4 is 90.5 Å². The summed E-state index contributed by atoms with van der Waals surface area (Å²) in [6, 6.07) is 46.2. The van der Waals surface area contributed by atoms with Crippen LogP contribution < -0.4 is 60.9 Å². The normalized spacial score (nSPS) is 14.4. The van der Waals surface area contributed by atoms with Gasteiger partial charge in [-0.25, -0.2) is 53.0 Å². The summed E-state index contributed by atoms with van der Waals surface area (Å²) < 4.78 is 45.2. The summed E-state index contributed by atoms with van der Waals surface area (Å²) in [7, 11) is 9.63. The Hall–Kier alpha value is -16.1. The van der Waals surface area contributed by atoms with Crippen LogP contribution in [0.5, 0.6) is 23.0 Å². The quantitative estimate of drug-likeness (QED) is 0.00820. The van der Waals surface area contributed by atoms with Crippen molar-refractivity contribution in [1.82, 2.24) is 125 Å². The molecule has 0 atom stereocenters. The van der Waals surface area contributed by atoms with E-state index >= 15 is 0 Å². The molecular weight excluding hydrogens is 1900 g/mol. The number of fused-ring (bicyclic) bond motifs is 4. The average molecular weight is 2030 g/mol. The maximum atomic E-state index is 13.1. The lowest BCUT2D eigenvalue weighted by molar-refractivity contribution is -0.142. The molecular formula is C106H129N29O14. The van der Waals surface area contributed by atoms with E-state index in [0.717, 1.165) is 183 Å². The van der Waals surface area contributed by atoms with Crippen LogP contribution in [0, 0.1) is 5.41 Å². The number of H-pyrrole nitrogens is 7. The number of anilines is 4. The van der Waals surface area contributed by atoms with E-state index in [4.69, 9.17) is 33.2 Å². The van der Waals surface area contributed by atoms with Gasteiger partial charge in [-0.15, -0.1) is 10.2 Å². The largest absolute Gasteiger partial charge is 0.513 e. The van der Waals surface area contributed by atoms with Crippen LogP contribution in [-0.4, -0.2) is 310 Å². The number of ether oxygens (including phenoxy) is 7. The van der Waals surface area contributed by atoms with Crippen molar-refractivity contribution in [2.75, 3.05) is 186 Å². The van der Waals surface area contributed by atoms with E-state index in [-0.39, 0.29) is 54.2 Å². The van der Waals surface area contributed by atoms with Gasteiger partial charge in [-0.05, 0) is 209 Å². The van der Waals surface area contributed by atoms with E-state index in [9.17, 15) is 33.6 Å². The molecule has 0 spiro atoms. The van der Waals surface area contributed by atoms with Crippen molar-refractivity contribution in [2.45, 2.75) is 108 Å². The molecule has 0 radical (unpaired) electrons. The summed E-state index contributed by atoms with van der Waals surface area (Å²) in [5, 5.41) is 65.8. The second-order valence-corrected chi connectivity index (χ2v) is 38.7. The number of aromatic nitrogens is 20. The van der Waals surface area contributed by atoms with E-state index < -0.39 is 35.0 Å². The molecule has 43 nitrogen and oxygen atoms in total. The third-order valence-electron chi connectivity index (χ3n) is 26.6. The Bertz CT molecular complexity index is 7590. The molecule has 8 N–H and O–H groups in total. The third-order valence-corrected chi connectivity index (χ3v) is 26.6. The van der Waals surface area contributed by atoms with E-state index in [1.54, 1.807) is 69.1 Å². The van der Waals surface area contributed by atoms with Crippen LogP contribution in [0.25, 0.3) is 112 Å². The predicted molar refractivity (Wildman–Crippen MR) is 571 cm³/mol. The van der Waals surface area contributed by atoms with Crippen molar-refractivity contribution in [3.63, 3.8) is 0 Å². The molecule has 43 heteroatoms. The Morgan fingerprint density at radius 1 is 0.403 bits per heavy atom. The van der Waals surface area contributed by atoms with Crippen LogP contribution in [-0.2, 0) is 31.8 Å². The smallest absolute Gasteiger partial charge is 0.467 e. The molecule has 12 heterocycles. The summed E-state index contributed by atoms with van der Waals surface area (Å²) >= 11 is 0. The molecule has 4 aliphatic rings. The number of aryl methyl sites for hydroxylation is 2. The first-order valence-corrected chi connectivity index (χ1v) is 50.4. The molecule has 4 saturated heterocycles. The minimum atomic E-state index is -0.842. The highest BCUT2D eigenvalue weighted by molar-refractivity contribution is 5.96.